The van der Waals surface area contributed by atoms with E-state index in [0.29, 0.717) is 22.7 Å². The Hall–Kier alpha value is -3.33. The predicted molar refractivity (Wildman–Crippen MR) is 106 cm³/mol. The largest absolute Gasteiger partial charge is 0.341 e. The molecule has 1 aromatic carbocycles. The van der Waals surface area contributed by atoms with Gasteiger partial charge in [0.2, 0.25) is 5.95 Å². The smallest absolute Gasteiger partial charge is 0.293 e. The first kappa shape index (κ1) is 16.8. The number of fused-ring (bicyclic) bond motifs is 2. The van der Waals surface area contributed by atoms with Crippen molar-refractivity contribution in [3.05, 3.63) is 52.7 Å². The van der Waals surface area contributed by atoms with Crippen molar-refractivity contribution in [3.63, 3.8) is 0 Å². The molecule has 1 aliphatic heterocycles. The van der Waals surface area contributed by atoms with Crippen molar-refractivity contribution in [1.82, 2.24) is 29.7 Å². The number of nitrogens with zero attached hydrogens (tertiary/aromatic N) is 6. The summed E-state index contributed by atoms with van der Waals surface area (Å²) in [5.41, 5.74) is 9.12. The van der Waals surface area contributed by atoms with E-state index in [1.54, 1.807) is 12.4 Å². The van der Waals surface area contributed by atoms with Crippen molar-refractivity contribution < 1.29 is 0 Å². The lowest BCUT2D eigenvalue weighted by atomic mass is 10.1. The average molecular weight is 376 g/mol. The van der Waals surface area contributed by atoms with Crippen LogP contribution in [0.3, 0.4) is 0 Å². The highest BCUT2D eigenvalue weighted by Crippen LogP contribution is 2.18. The summed E-state index contributed by atoms with van der Waals surface area (Å²) < 4.78 is 1.38. The Balaban J connectivity index is 1.48. The van der Waals surface area contributed by atoms with E-state index < -0.39 is 0 Å². The SMILES string of the molecule is N[C@@H]1CCCN(c2nc3cnn(Cc4cnc5ccccc5n4)c(=O)c3[nH]2)C1. The molecule has 0 spiro atoms. The van der Waals surface area contributed by atoms with Crippen molar-refractivity contribution >= 4 is 28.0 Å². The van der Waals surface area contributed by atoms with Crippen LogP contribution in [0.1, 0.15) is 18.5 Å². The number of rotatable bonds is 3. The molecule has 1 saturated heterocycles. The van der Waals surface area contributed by atoms with E-state index in [4.69, 9.17) is 5.73 Å². The van der Waals surface area contributed by atoms with Gasteiger partial charge in [-0.1, -0.05) is 12.1 Å². The molecule has 4 heterocycles. The summed E-state index contributed by atoms with van der Waals surface area (Å²) in [6, 6.07) is 7.76. The lowest BCUT2D eigenvalue weighted by Gasteiger charge is -2.30. The van der Waals surface area contributed by atoms with Gasteiger partial charge in [0.25, 0.3) is 5.56 Å². The van der Waals surface area contributed by atoms with Gasteiger partial charge in [0.05, 0.1) is 35.7 Å². The Morgan fingerprint density at radius 2 is 2.00 bits per heavy atom. The van der Waals surface area contributed by atoms with Gasteiger partial charge in [0.1, 0.15) is 11.0 Å². The first-order valence-electron chi connectivity index (χ1n) is 9.34. The summed E-state index contributed by atoms with van der Waals surface area (Å²) >= 11 is 0. The van der Waals surface area contributed by atoms with Crippen LogP contribution in [-0.2, 0) is 6.54 Å². The second-order valence-corrected chi connectivity index (χ2v) is 7.13. The molecule has 142 valence electrons. The minimum atomic E-state index is -0.229. The fraction of sp³-hybridized carbons (Fsp3) is 0.316. The minimum Gasteiger partial charge on any atom is -0.341 e. The van der Waals surface area contributed by atoms with E-state index in [9.17, 15) is 4.79 Å². The normalized spacial score (nSPS) is 17.5. The van der Waals surface area contributed by atoms with Gasteiger partial charge in [-0.15, -0.1) is 0 Å². The van der Waals surface area contributed by atoms with Crippen molar-refractivity contribution in [2.45, 2.75) is 25.4 Å². The summed E-state index contributed by atoms with van der Waals surface area (Å²) in [7, 11) is 0. The molecular weight excluding hydrogens is 356 g/mol. The fourth-order valence-corrected chi connectivity index (χ4v) is 3.63. The maximum atomic E-state index is 12.9. The van der Waals surface area contributed by atoms with Crippen LogP contribution in [0.5, 0.6) is 0 Å². The van der Waals surface area contributed by atoms with Crippen LogP contribution >= 0.6 is 0 Å². The first-order valence-corrected chi connectivity index (χ1v) is 9.34. The van der Waals surface area contributed by atoms with Gasteiger partial charge in [-0.05, 0) is 25.0 Å². The molecule has 0 aliphatic carbocycles. The monoisotopic (exact) mass is 376 g/mol. The minimum absolute atomic E-state index is 0.128. The molecule has 9 nitrogen and oxygen atoms in total. The quantitative estimate of drug-likeness (QED) is 0.548. The zero-order valence-corrected chi connectivity index (χ0v) is 15.2. The Morgan fingerprint density at radius 1 is 1.14 bits per heavy atom. The number of nitrogens with two attached hydrogens (primary N) is 1. The number of H-pyrrole nitrogens is 1. The van der Waals surface area contributed by atoms with Gasteiger partial charge in [0.15, 0.2) is 0 Å². The van der Waals surface area contributed by atoms with Crippen molar-refractivity contribution in [2.75, 3.05) is 18.0 Å². The van der Waals surface area contributed by atoms with E-state index in [2.05, 4.69) is 29.9 Å². The summed E-state index contributed by atoms with van der Waals surface area (Å²) in [6.07, 6.45) is 5.31. The molecule has 3 aromatic heterocycles. The zero-order chi connectivity index (χ0) is 19.1. The Kier molecular flexibility index (Phi) is 4.01. The van der Waals surface area contributed by atoms with E-state index >= 15 is 0 Å². The number of anilines is 1. The first-order chi connectivity index (χ1) is 13.7. The third kappa shape index (κ3) is 2.99. The number of hydrogen-bond acceptors (Lipinski definition) is 7. The van der Waals surface area contributed by atoms with Gasteiger partial charge in [-0.2, -0.15) is 5.10 Å². The number of piperidine rings is 1. The number of aromatic nitrogens is 6. The van der Waals surface area contributed by atoms with Gasteiger partial charge in [-0.3, -0.25) is 9.78 Å². The molecule has 0 unspecified atom stereocenters. The van der Waals surface area contributed by atoms with Crippen molar-refractivity contribution in [3.8, 4) is 0 Å². The highest BCUT2D eigenvalue weighted by molar-refractivity contribution is 5.76. The van der Waals surface area contributed by atoms with Crippen molar-refractivity contribution in [2.24, 2.45) is 5.73 Å². The zero-order valence-electron chi connectivity index (χ0n) is 15.2. The number of imidazole rings is 1. The maximum absolute atomic E-state index is 12.9. The second-order valence-electron chi connectivity index (χ2n) is 7.13. The highest BCUT2D eigenvalue weighted by atomic mass is 16.1. The molecule has 0 bridgehead atoms. The molecule has 1 fully saturated rings. The number of nitrogens with one attached hydrogen (secondary N) is 1. The molecule has 0 amide bonds. The summed E-state index contributed by atoms with van der Waals surface area (Å²) in [6.45, 7) is 1.85. The van der Waals surface area contributed by atoms with E-state index in [-0.39, 0.29) is 18.1 Å². The van der Waals surface area contributed by atoms with Gasteiger partial charge < -0.3 is 15.6 Å². The molecule has 4 aromatic rings. The van der Waals surface area contributed by atoms with Crippen LogP contribution < -0.4 is 16.2 Å². The van der Waals surface area contributed by atoms with Gasteiger partial charge in [-0.25, -0.2) is 14.6 Å². The Labute approximate surface area is 160 Å². The topological polar surface area (TPSA) is 119 Å². The maximum Gasteiger partial charge on any atom is 0.293 e. The molecule has 5 rings (SSSR count). The van der Waals surface area contributed by atoms with Crippen LogP contribution in [0.15, 0.2) is 41.5 Å². The summed E-state index contributed by atoms with van der Waals surface area (Å²) in [5.74, 6) is 0.673. The number of para-hydroxylation sites is 2. The van der Waals surface area contributed by atoms with Crippen LogP contribution in [0.2, 0.25) is 0 Å². The molecule has 0 saturated carbocycles. The Bertz CT molecular complexity index is 1210. The standard InChI is InChI=1S/C19H20N8O/c20-12-4-3-7-26(10-12)19-24-16-9-22-27(18(28)17(16)25-19)11-13-8-21-14-5-1-2-6-15(14)23-13/h1-2,5-6,8-9,12H,3-4,7,10-11,20H2,(H,24,25)/t12-/m1/s1. The molecule has 1 aliphatic rings. The van der Waals surface area contributed by atoms with E-state index in [0.717, 1.165) is 37.0 Å². The Morgan fingerprint density at radius 3 is 2.86 bits per heavy atom. The molecule has 28 heavy (non-hydrogen) atoms. The molecular formula is C19H20N8O. The number of hydrogen-bond donors (Lipinski definition) is 2. The summed E-state index contributed by atoms with van der Waals surface area (Å²) in [4.78, 5) is 31.6. The lowest BCUT2D eigenvalue weighted by molar-refractivity contribution is 0.501. The van der Waals surface area contributed by atoms with Crippen LogP contribution in [-0.4, -0.2) is 48.8 Å². The predicted octanol–water partition coefficient (Wildman–Crippen LogP) is 1.04. The summed E-state index contributed by atoms with van der Waals surface area (Å²) in [5, 5.41) is 4.27. The van der Waals surface area contributed by atoms with Gasteiger partial charge in [0, 0.05) is 19.1 Å². The van der Waals surface area contributed by atoms with Crippen LogP contribution in [0.25, 0.3) is 22.1 Å². The third-order valence-electron chi connectivity index (χ3n) is 5.05. The van der Waals surface area contributed by atoms with Crippen LogP contribution in [0, 0.1) is 0 Å². The van der Waals surface area contributed by atoms with Gasteiger partial charge >= 0.3 is 0 Å². The fourth-order valence-electron chi connectivity index (χ4n) is 3.63. The highest BCUT2D eigenvalue weighted by Gasteiger charge is 2.20. The number of benzene rings is 1. The third-order valence-corrected chi connectivity index (χ3v) is 5.05. The van der Waals surface area contributed by atoms with E-state index in [1.807, 2.05) is 24.3 Å². The molecule has 3 N–H and O–H groups in total. The van der Waals surface area contributed by atoms with E-state index in [1.165, 1.54) is 4.68 Å². The lowest BCUT2D eigenvalue weighted by Crippen LogP contribution is -2.43. The van der Waals surface area contributed by atoms with Crippen molar-refractivity contribution in [1.29, 1.82) is 0 Å². The second kappa shape index (κ2) is 6.68. The number of aromatic amines is 1. The molecule has 0 radical (unpaired) electrons. The molecule has 9 heteroatoms. The average Bonchev–Trinajstić information content (AvgIpc) is 3.15. The molecule has 1 atom stereocenters. The van der Waals surface area contributed by atoms with Crippen LogP contribution in [0.4, 0.5) is 5.95 Å².